The maximum absolute atomic E-state index is 12.1. The molecular formula is C16H21NO7. The van der Waals surface area contributed by atoms with E-state index >= 15 is 0 Å². The van der Waals surface area contributed by atoms with Crippen LogP contribution in [0.4, 0.5) is 0 Å². The van der Waals surface area contributed by atoms with Gasteiger partial charge in [-0.3, -0.25) is 0 Å². The highest BCUT2D eigenvalue weighted by Gasteiger charge is 2.27. The number of ether oxygens (including phenoxy) is 3. The van der Waals surface area contributed by atoms with E-state index in [4.69, 9.17) is 13.9 Å². The third-order valence-electron chi connectivity index (χ3n) is 2.67. The molecule has 132 valence electrons. The van der Waals surface area contributed by atoms with Crippen LogP contribution in [0.2, 0.25) is 0 Å². The zero-order valence-corrected chi connectivity index (χ0v) is 14.6. The molecule has 0 fully saturated rings. The number of methoxy groups -OCH3 is 2. The highest BCUT2D eigenvalue weighted by molar-refractivity contribution is 6.03. The molecule has 0 atom stereocenters. The fourth-order valence-electron chi connectivity index (χ4n) is 1.76. The van der Waals surface area contributed by atoms with Crippen molar-refractivity contribution in [2.75, 3.05) is 20.8 Å². The van der Waals surface area contributed by atoms with Crippen molar-refractivity contribution in [3.8, 4) is 0 Å². The van der Waals surface area contributed by atoms with Gasteiger partial charge in [-0.25, -0.2) is 19.4 Å². The van der Waals surface area contributed by atoms with Crippen LogP contribution in [0.25, 0.3) is 0 Å². The lowest BCUT2D eigenvalue weighted by Crippen LogP contribution is -2.28. The van der Waals surface area contributed by atoms with Crippen LogP contribution in [0.1, 0.15) is 59.0 Å². The van der Waals surface area contributed by atoms with E-state index < -0.39 is 23.4 Å². The maximum Gasteiger partial charge on any atom is 0.374 e. The van der Waals surface area contributed by atoms with Gasteiger partial charge in [0.2, 0.25) is 11.3 Å². The third kappa shape index (κ3) is 4.68. The van der Waals surface area contributed by atoms with Crippen LogP contribution in [-0.2, 0) is 14.2 Å². The first kappa shape index (κ1) is 19.4. The summed E-state index contributed by atoms with van der Waals surface area (Å²) >= 11 is 0. The van der Waals surface area contributed by atoms with Gasteiger partial charge >= 0.3 is 17.9 Å². The summed E-state index contributed by atoms with van der Waals surface area (Å²) in [6.07, 6.45) is 0. The summed E-state index contributed by atoms with van der Waals surface area (Å²) in [7, 11) is 2.31. The Balaban J connectivity index is 3.83. The Morgan fingerprint density at radius 1 is 1.08 bits per heavy atom. The highest BCUT2D eigenvalue weighted by atomic mass is 16.5. The first-order chi connectivity index (χ1) is 11.1. The fourth-order valence-corrected chi connectivity index (χ4v) is 1.76. The van der Waals surface area contributed by atoms with Gasteiger partial charge < -0.3 is 18.6 Å². The molecule has 1 heterocycles. The zero-order chi connectivity index (χ0) is 18.5. The topological polar surface area (TPSA) is 104 Å². The number of nitrogens with zero attached hydrogens (tertiary/aromatic N) is 1. The summed E-state index contributed by atoms with van der Waals surface area (Å²) in [5, 5.41) is 0. The first-order valence-electron chi connectivity index (χ1n) is 7.22. The summed E-state index contributed by atoms with van der Waals surface area (Å²) in [5.41, 5.74) is -1.26. The Morgan fingerprint density at radius 2 is 1.67 bits per heavy atom. The molecule has 8 heteroatoms. The van der Waals surface area contributed by atoms with Crippen LogP contribution in [0.5, 0.6) is 0 Å². The van der Waals surface area contributed by atoms with Gasteiger partial charge in [-0.15, -0.1) is 0 Å². The molecule has 0 amide bonds. The lowest BCUT2D eigenvalue weighted by molar-refractivity contribution is 0.0473. The predicted octanol–water partition coefficient (Wildman–Crippen LogP) is 1.73. The molecule has 0 spiro atoms. The highest BCUT2D eigenvalue weighted by Crippen LogP contribution is 2.14. The van der Waals surface area contributed by atoms with Crippen molar-refractivity contribution in [3.63, 3.8) is 0 Å². The Kier molecular flexibility index (Phi) is 6.27. The van der Waals surface area contributed by atoms with Crippen molar-refractivity contribution < 1.29 is 33.0 Å². The molecule has 0 N–H and O–H groups in total. The largest absolute Gasteiger partial charge is 0.465 e. The van der Waals surface area contributed by atoms with Gasteiger partial charge in [0.1, 0.15) is 5.56 Å². The second kappa shape index (κ2) is 7.76. The van der Waals surface area contributed by atoms with E-state index in [0.29, 0.717) is 0 Å². The van der Waals surface area contributed by atoms with Crippen molar-refractivity contribution in [2.24, 2.45) is 4.99 Å². The molecular weight excluding hydrogens is 318 g/mol. The standard InChI is InChI=1S/C16H21NO7/c1-7-23-14(19)10-8-9(13(18)21-5)11(15(20)22-6)12(24-10)17-16(2,3)4/h8H,7H2,1-6H3. The maximum atomic E-state index is 12.1. The summed E-state index contributed by atoms with van der Waals surface area (Å²) in [6, 6.07) is 1.08. The molecule has 0 saturated heterocycles. The average Bonchev–Trinajstić information content (AvgIpc) is 2.51. The first-order valence-corrected chi connectivity index (χ1v) is 7.22. The van der Waals surface area contributed by atoms with E-state index in [1.807, 2.05) is 0 Å². The van der Waals surface area contributed by atoms with Gasteiger partial charge in [-0.1, -0.05) is 0 Å². The number of hydrogen-bond donors (Lipinski definition) is 0. The smallest absolute Gasteiger partial charge is 0.374 e. The lowest BCUT2D eigenvalue weighted by Gasteiger charge is -2.13. The van der Waals surface area contributed by atoms with Gasteiger partial charge in [0.15, 0.2) is 0 Å². The molecule has 0 aliphatic heterocycles. The van der Waals surface area contributed by atoms with Gasteiger partial charge in [-0.2, -0.15) is 0 Å². The van der Waals surface area contributed by atoms with Crippen molar-refractivity contribution in [1.82, 2.24) is 0 Å². The minimum absolute atomic E-state index is 0.117. The normalized spacial score (nSPS) is 11.8. The number of rotatable bonds is 4. The number of hydrogen-bond acceptors (Lipinski definition) is 8. The predicted molar refractivity (Wildman–Crippen MR) is 82.7 cm³/mol. The van der Waals surface area contributed by atoms with Crippen molar-refractivity contribution in [1.29, 1.82) is 0 Å². The Labute approximate surface area is 139 Å². The summed E-state index contributed by atoms with van der Waals surface area (Å²) < 4.78 is 19.6. The van der Waals surface area contributed by atoms with E-state index in [1.165, 1.54) is 0 Å². The van der Waals surface area contributed by atoms with Gasteiger partial charge in [0, 0.05) is 6.07 Å². The quantitative estimate of drug-likeness (QED) is 0.607. The van der Waals surface area contributed by atoms with Crippen LogP contribution in [0.3, 0.4) is 0 Å². The van der Waals surface area contributed by atoms with Crippen LogP contribution in [0.15, 0.2) is 15.5 Å². The summed E-state index contributed by atoms with van der Waals surface area (Å²) in [4.78, 5) is 40.3. The molecule has 1 rings (SSSR count). The molecule has 0 unspecified atom stereocenters. The average molecular weight is 339 g/mol. The van der Waals surface area contributed by atoms with E-state index in [-0.39, 0.29) is 29.0 Å². The van der Waals surface area contributed by atoms with Gasteiger partial charge in [0.25, 0.3) is 0 Å². The monoisotopic (exact) mass is 339 g/mol. The van der Waals surface area contributed by atoms with Crippen LogP contribution >= 0.6 is 0 Å². The molecule has 0 aliphatic rings. The van der Waals surface area contributed by atoms with E-state index in [0.717, 1.165) is 20.3 Å². The zero-order valence-electron chi connectivity index (χ0n) is 14.6. The van der Waals surface area contributed by atoms with E-state index in [2.05, 4.69) is 9.73 Å². The number of carbonyl (C=O) groups is 3. The van der Waals surface area contributed by atoms with Gasteiger partial charge in [0.05, 0.1) is 31.9 Å². The van der Waals surface area contributed by atoms with Crippen molar-refractivity contribution in [3.05, 3.63) is 28.5 Å². The SMILES string of the molecule is CCOC(=O)c1cc(C(=O)OC)c(C(=O)OC)c(=NC(C)(C)C)o1. The fraction of sp³-hybridized carbons (Fsp3) is 0.500. The second-order valence-electron chi connectivity index (χ2n) is 5.69. The van der Waals surface area contributed by atoms with E-state index in [1.54, 1.807) is 27.7 Å². The van der Waals surface area contributed by atoms with E-state index in [9.17, 15) is 14.4 Å². The van der Waals surface area contributed by atoms with Crippen LogP contribution in [-0.4, -0.2) is 44.3 Å². The molecule has 0 radical (unpaired) electrons. The molecule has 8 nitrogen and oxygen atoms in total. The molecule has 24 heavy (non-hydrogen) atoms. The van der Waals surface area contributed by atoms with Crippen molar-refractivity contribution >= 4 is 17.9 Å². The molecule has 1 aromatic rings. The Hall–Kier alpha value is -2.64. The number of carbonyl (C=O) groups excluding carboxylic acids is 3. The summed E-state index contributed by atoms with van der Waals surface area (Å²) in [6.45, 7) is 7.03. The summed E-state index contributed by atoms with van der Waals surface area (Å²) in [5.74, 6) is -2.73. The second-order valence-corrected chi connectivity index (χ2v) is 5.69. The molecule has 0 bridgehead atoms. The minimum atomic E-state index is -0.836. The molecule has 0 saturated carbocycles. The van der Waals surface area contributed by atoms with Crippen LogP contribution in [0, 0.1) is 0 Å². The van der Waals surface area contributed by atoms with Crippen molar-refractivity contribution in [2.45, 2.75) is 33.2 Å². The molecule has 0 aromatic carbocycles. The lowest BCUT2D eigenvalue weighted by atomic mass is 10.1. The minimum Gasteiger partial charge on any atom is -0.465 e. The Bertz CT molecular complexity index is 710. The number of esters is 3. The molecule has 1 aromatic heterocycles. The third-order valence-corrected chi connectivity index (χ3v) is 2.67. The van der Waals surface area contributed by atoms with Gasteiger partial charge in [-0.05, 0) is 27.7 Å². The molecule has 0 aliphatic carbocycles. The van der Waals surface area contributed by atoms with Crippen LogP contribution < -0.4 is 5.55 Å². The Morgan fingerprint density at radius 3 is 2.12 bits per heavy atom.